The van der Waals surface area contributed by atoms with Crippen LogP contribution in [-0.4, -0.2) is 33.6 Å². The number of ether oxygens (including phenoxy) is 1. The van der Waals surface area contributed by atoms with Crippen LogP contribution in [0.25, 0.3) is 16.5 Å². The van der Waals surface area contributed by atoms with Gasteiger partial charge in [-0.15, -0.1) is 22.9 Å². The molecule has 0 fully saturated rings. The minimum absolute atomic E-state index is 0.0866. The Labute approximate surface area is 167 Å². The van der Waals surface area contributed by atoms with Crippen LogP contribution >= 0.6 is 22.9 Å². The Bertz CT molecular complexity index is 1110. The number of rotatable bonds is 5. The van der Waals surface area contributed by atoms with Crippen molar-refractivity contribution < 1.29 is 18.7 Å². The normalized spacial score (nSPS) is 12.0. The zero-order valence-electron chi connectivity index (χ0n) is 14.9. The molecule has 0 radical (unpaired) electrons. The Balaban J connectivity index is 2.27. The molecule has 2 aromatic heterocycles. The number of esters is 1. The second kappa shape index (κ2) is 8.07. The van der Waals surface area contributed by atoms with Gasteiger partial charge in [0, 0.05) is 10.8 Å². The van der Waals surface area contributed by atoms with Crippen molar-refractivity contribution in [1.82, 2.24) is 9.78 Å². The quantitative estimate of drug-likeness (QED) is 0.502. The van der Waals surface area contributed by atoms with Crippen LogP contribution in [0.3, 0.4) is 0 Å². The van der Waals surface area contributed by atoms with Crippen LogP contribution < -0.4 is 10.9 Å². The summed E-state index contributed by atoms with van der Waals surface area (Å²) in [5.74, 6) is -1.69. The van der Waals surface area contributed by atoms with Gasteiger partial charge in [0.1, 0.15) is 16.2 Å². The van der Waals surface area contributed by atoms with E-state index in [9.17, 15) is 18.8 Å². The first kappa shape index (κ1) is 20.0. The third-order valence-electron chi connectivity index (χ3n) is 3.79. The maximum atomic E-state index is 13.3. The summed E-state index contributed by atoms with van der Waals surface area (Å²) >= 11 is 6.86. The van der Waals surface area contributed by atoms with E-state index in [1.807, 2.05) is 0 Å². The molecule has 1 atom stereocenters. The minimum Gasteiger partial charge on any atom is -0.461 e. The van der Waals surface area contributed by atoms with Crippen LogP contribution in [0, 0.1) is 5.82 Å². The maximum Gasteiger partial charge on any atom is 0.359 e. The average Bonchev–Trinajstić information content (AvgIpc) is 3.07. The van der Waals surface area contributed by atoms with Gasteiger partial charge in [0.15, 0.2) is 5.69 Å². The number of hydrogen-bond donors (Lipinski definition) is 1. The number of nitrogens with zero attached hydrogens (tertiary/aromatic N) is 2. The fourth-order valence-electron chi connectivity index (χ4n) is 2.46. The van der Waals surface area contributed by atoms with Crippen molar-refractivity contribution in [3.05, 3.63) is 51.5 Å². The van der Waals surface area contributed by atoms with E-state index in [4.69, 9.17) is 16.3 Å². The second-order valence-corrected chi connectivity index (χ2v) is 7.26. The van der Waals surface area contributed by atoms with Crippen molar-refractivity contribution in [1.29, 1.82) is 0 Å². The predicted octanol–water partition coefficient (Wildman–Crippen LogP) is 3.33. The first-order valence-electron chi connectivity index (χ1n) is 8.26. The molecular weight excluding hydrogens is 409 g/mol. The summed E-state index contributed by atoms with van der Waals surface area (Å²) in [7, 11) is 0. The molecule has 28 heavy (non-hydrogen) atoms. The van der Waals surface area contributed by atoms with Crippen molar-refractivity contribution >= 4 is 50.6 Å². The molecule has 3 rings (SSSR count). The Morgan fingerprint density at radius 2 is 2.04 bits per heavy atom. The molecule has 1 amide bonds. The van der Waals surface area contributed by atoms with E-state index in [0.717, 1.165) is 16.0 Å². The van der Waals surface area contributed by atoms with E-state index in [2.05, 4.69) is 10.4 Å². The SMILES string of the molecule is CCOC(=O)c1nn(-c2ccc(F)cc2)c(=O)c2c(NC(=O)[C@H](C)Cl)scc12. The molecule has 0 aliphatic heterocycles. The van der Waals surface area contributed by atoms with Gasteiger partial charge in [-0.1, -0.05) is 0 Å². The largest absolute Gasteiger partial charge is 0.461 e. The number of carbonyl (C=O) groups is 2. The fraction of sp³-hybridized carbons (Fsp3) is 0.222. The van der Waals surface area contributed by atoms with E-state index in [1.54, 1.807) is 12.3 Å². The third kappa shape index (κ3) is 3.76. The number of aromatic nitrogens is 2. The molecule has 1 N–H and O–H groups in total. The molecule has 2 heterocycles. The Kier molecular flexibility index (Phi) is 5.76. The zero-order chi connectivity index (χ0) is 20.4. The van der Waals surface area contributed by atoms with Gasteiger partial charge in [-0.25, -0.2) is 9.18 Å². The lowest BCUT2D eigenvalue weighted by atomic mass is 10.2. The Morgan fingerprint density at radius 1 is 1.36 bits per heavy atom. The van der Waals surface area contributed by atoms with Gasteiger partial charge in [0.05, 0.1) is 17.7 Å². The van der Waals surface area contributed by atoms with Crippen LogP contribution in [0.15, 0.2) is 34.4 Å². The van der Waals surface area contributed by atoms with Crippen molar-refractivity contribution in [2.24, 2.45) is 0 Å². The van der Waals surface area contributed by atoms with Gasteiger partial charge in [-0.2, -0.15) is 9.78 Å². The topological polar surface area (TPSA) is 90.3 Å². The van der Waals surface area contributed by atoms with Crippen LogP contribution in [0.5, 0.6) is 0 Å². The summed E-state index contributed by atoms with van der Waals surface area (Å²) in [4.78, 5) is 37.4. The number of nitrogens with one attached hydrogen (secondary N) is 1. The molecule has 7 nitrogen and oxygen atoms in total. The molecule has 0 saturated carbocycles. The number of halogens is 2. The predicted molar refractivity (Wildman–Crippen MR) is 105 cm³/mol. The number of hydrogen-bond acceptors (Lipinski definition) is 6. The van der Waals surface area contributed by atoms with Crippen molar-refractivity contribution in [2.45, 2.75) is 19.2 Å². The van der Waals surface area contributed by atoms with Crippen LogP contribution in [0.4, 0.5) is 9.39 Å². The average molecular weight is 424 g/mol. The molecule has 0 saturated heterocycles. The lowest BCUT2D eigenvalue weighted by Crippen LogP contribution is -2.26. The molecule has 1 aromatic carbocycles. The van der Waals surface area contributed by atoms with Crippen molar-refractivity contribution in [3.8, 4) is 5.69 Å². The monoisotopic (exact) mass is 423 g/mol. The van der Waals surface area contributed by atoms with Crippen molar-refractivity contribution in [2.75, 3.05) is 11.9 Å². The molecule has 0 spiro atoms. The Morgan fingerprint density at radius 3 is 2.64 bits per heavy atom. The molecule has 0 unspecified atom stereocenters. The molecular formula is C18H15ClFN3O4S. The summed E-state index contributed by atoms with van der Waals surface area (Å²) < 4.78 is 19.3. The van der Waals surface area contributed by atoms with E-state index < -0.39 is 28.6 Å². The summed E-state index contributed by atoms with van der Waals surface area (Å²) in [6.45, 7) is 3.26. The van der Waals surface area contributed by atoms with Gasteiger partial charge in [0.2, 0.25) is 5.91 Å². The summed E-state index contributed by atoms with van der Waals surface area (Å²) in [5.41, 5.74) is -0.405. The second-order valence-electron chi connectivity index (χ2n) is 5.72. The highest BCUT2D eigenvalue weighted by Gasteiger charge is 2.23. The van der Waals surface area contributed by atoms with Gasteiger partial charge in [-0.05, 0) is 38.1 Å². The lowest BCUT2D eigenvalue weighted by Gasteiger charge is -2.10. The van der Waals surface area contributed by atoms with Gasteiger partial charge in [-0.3, -0.25) is 9.59 Å². The van der Waals surface area contributed by atoms with Crippen LogP contribution in [-0.2, 0) is 9.53 Å². The van der Waals surface area contributed by atoms with Crippen molar-refractivity contribution in [3.63, 3.8) is 0 Å². The number of thiophene rings is 1. The molecule has 0 aliphatic rings. The van der Waals surface area contributed by atoms with E-state index in [0.29, 0.717) is 0 Å². The summed E-state index contributed by atoms with van der Waals surface area (Å²) in [5, 5.41) is 8.02. The number of carbonyl (C=O) groups excluding carboxylic acids is 2. The van der Waals surface area contributed by atoms with E-state index in [-0.39, 0.29) is 33.8 Å². The Hall–Kier alpha value is -2.78. The van der Waals surface area contributed by atoms with E-state index >= 15 is 0 Å². The highest BCUT2D eigenvalue weighted by atomic mass is 35.5. The van der Waals surface area contributed by atoms with Crippen LogP contribution in [0.1, 0.15) is 24.3 Å². The minimum atomic E-state index is -0.817. The molecule has 0 bridgehead atoms. The number of amides is 1. The molecule has 146 valence electrons. The standard InChI is InChI=1S/C18H15ClFN3O4S/c1-3-27-18(26)14-12-8-28-16(21-15(24)9(2)19)13(12)17(25)23(22-14)11-6-4-10(20)5-7-11/h4-9H,3H2,1-2H3,(H,21,24)/t9-/m0/s1. The third-order valence-corrected chi connectivity index (χ3v) is 4.88. The summed E-state index contributed by atoms with van der Waals surface area (Å²) in [6, 6.07) is 5.05. The zero-order valence-corrected chi connectivity index (χ0v) is 16.4. The molecule has 3 aromatic rings. The number of benzene rings is 1. The molecule has 10 heteroatoms. The highest BCUT2D eigenvalue weighted by Crippen LogP contribution is 2.31. The fourth-order valence-corrected chi connectivity index (χ4v) is 3.45. The van der Waals surface area contributed by atoms with Gasteiger partial charge >= 0.3 is 5.97 Å². The smallest absolute Gasteiger partial charge is 0.359 e. The van der Waals surface area contributed by atoms with Gasteiger partial charge in [0.25, 0.3) is 5.56 Å². The lowest BCUT2D eigenvalue weighted by molar-refractivity contribution is -0.115. The van der Waals surface area contributed by atoms with E-state index in [1.165, 1.54) is 31.2 Å². The number of fused-ring (bicyclic) bond motifs is 1. The first-order valence-corrected chi connectivity index (χ1v) is 9.57. The maximum absolute atomic E-state index is 13.3. The van der Waals surface area contributed by atoms with Crippen LogP contribution in [0.2, 0.25) is 0 Å². The molecule has 0 aliphatic carbocycles. The summed E-state index contributed by atoms with van der Waals surface area (Å²) in [6.07, 6.45) is 0. The van der Waals surface area contributed by atoms with Gasteiger partial charge < -0.3 is 10.1 Å². The number of alkyl halides is 1. The number of anilines is 1. The highest BCUT2D eigenvalue weighted by molar-refractivity contribution is 7.16. The first-order chi connectivity index (χ1) is 13.3.